The molecule has 4 nitrogen and oxygen atoms in total. The molecule has 0 amide bonds. The van der Waals surface area contributed by atoms with Crippen LogP contribution in [0, 0.1) is 5.92 Å². The summed E-state index contributed by atoms with van der Waals surface area (Å²) in [5.41, 5.74) is 0. The van der Waals surface area contributed by atoms with Gasteiger partial charge >= 0.3 is 0 Å². The normalized spacial score (nSPS) is 48.0. The first-order chi connectivity index (χ1) is 4.66. The summed E-state index contributed by atoms with van der Waals surface area (Å²) in [6.45, 7) is 1.57. The number of rotatable bonds is 1. The van der Waals surface area contributed by atoms with Crippen molar-refractivity contribution >= 4 is 0 Å². The number of hydrogen-bond acceptors (Lipinski definition) is 4. The Kier molecular flexibility index (Phi) is 2.25. The zero-order valence-electron chi connectivity index (χ0n) is 5.77. The Hall–Kier alpha value is -0.160. The predicted octanol–water partition coefficient (Wildman–Crippen LogP) is -1.31. The number of aliphatic hydroxyl groups excluding tert-OH is 3. The number of aliphatic hydroxyl groups is 3. The van der Waals surface area contributed by atoms with Gasteiger partial charge in [-0.2, -0.15) is 0 Å². The molecule has 1 heterocycles. The van der Waals surface area contributed by atoms with Crippen molar-refractivity contribution in [3.8, 4) is 0 Å². The molecule has 1 unspecified atom stereocenters. The molecule has 0 radical (unpaired) electrons. The second kappa shape index (κ2) is 2.84. The van der Waals surface area contributed by atoms with Gasteiger partial charge in [0, 0.05) is 5.92 Å². The molecule has 0 spiro atoms. The topological polar surface area (TPSA) is 69.9 Å². The summed E-state index contributed by atoms with van der Waals surface area (Å²) in [4.78, 5) is 0. The minimum absolute atomic E-state index is 0.157. The Morgan fingerprint density at radius 1 is 1.40 bits per heavy atom. The van der Waals surface area contributed by atoms with Crippen LogP contribution in [0.4, 0.5) is 0 Å². The van der Waals surface area contributed by atoms with Crippen LogP contribution < -0.4 is 0 Å². The lowest BCUT2D eigenvalue weighted by Crippen LogP contribution is -2.25. The van der Waals surface area contributed by atoms with Crippen LogP contribution in [0.1, 0.15) is 6.92 Å². The molecule has 1 aliphatic rings. The lowest BCUT2D eigenvalue weighted by molar-refractivity contribution is -0.132. The lowest BCUT2D eigenvalue weighted by Gasteiger charge is -2.10. The van der Waals surface area contributed by atoms with E-state index in [0.717, 1.165) is 0 Å². The van der Waals surface area contributed by atoms with Crippen LogP contribution in [0.3, 0.4) is 0 Å². The minimum atomic E-state index is -1.13. The van der Waals surface area contributed by atoms with E-state index < -0.39 is 18.5 Å². The molecule has 0 bridgehead atoms. The van der Waals surface area contributed by atoms with Crippen molar-refractivity contribution in [1.29, 1.82) is 0 Å². The molecule has 4 atom stereocenters. The Morgan fingerprint density at radius 2 is 2.00 bits per heavy atom. The molecule has 3 N–H and O–H groups in total. The van der Waals surface area contributed by atoms with Crippen molar-refractivity contribution in [3.05, 3.63) is 0 Å². The second-order valence-electron chi connectivity index (χ2n) is 2.60. The largest absolute Gasteiger partial charge is 0.394 e. The van der Waals surface area contributed by atoms with E-state index in [9.17, 15) is 0 Å². The van der Waals surface area contributed by atoms with Gasteiger partial charge in [0.05, 0.1) is 12.7 Å². The third-order valence-corrected chi connectivity index (χ3v) is 1.91. The molecule has 0 aromatic carbocycles. The summed E-state index contributed by atoms with van der Waals surface area (Å²) in [7, 11) is 0. The second-order valence-corrected chi connectivity index (χ2v) is 2.60. The fourth-order valence-corrected chi connectivity index (χ4v) is 1.07. The van der Waals surface area contributed by atoms with E-state index in [2.05, 4.69) is 0 Å². The highest BCUT2D eigenvalue weighted by atomic mass is 16.6. The van der Waals surface area contributed by atoms with Gasteiger partial charge in [0.1, 0.15) is 6.10 Å². The first-order valence-electron chi connectivity index (χ1n) is 3.29. The fraction of sp³-hybridized carbons (Fsp3) is 1.00. The summed E-state index contributed by atoms with van der Waals surface area (Å²) in [5.74, 6) is -0.194. The maximum absolute atomic E-state index is 9.08. The molecule has 1 rings (SSSR count). The van der Waals surface area contributed by atoms with Crippen molar-refractivity contribution in [3.63, 3.8) is 0 Å². The monoisotopic (exact) mass is 148 g/mol. The zero-order chi connectivity index (χ0) is 7.72. The third kappa shape index (κ3) is 1.15. The van der Waals surface area contributed by atoms with E-state index in [1.807, 2.05) is 0 Å². The Labute approximate surface area is 59.1 Å². The van der Waals surface area contributed by atoms with E-state index in [1.54, 1.807) is 6.92 Å². The number of ether oxygens (including phenoxy) is 1. The number of hydrogen-bond donors (Lipinski definition) is 3. The van der Waals surface area contributed by atoms with Crippen LogP contribution in [0.15, 0.2) is 0 Å². The fourth-order valence-electron chi connectivity index (χ4n) is 1.07. The van der Waals surface area contributed by atoms with E-state index >= 15 is 0 Å². The van der Waals surface area contributed by atoms with Gasteiger partial charge in [0.2, 0.25) is 0 Å². The highest BCUT2D eigenvalue weighted by Gasteiger charge is 2.39. The zero-order valence-corrected chi connectivity index (χ0v) is 5.77. The highest BCUT2D eigenvalue weighted by Crippen LogP contribution is 2.24. The summed E-state index contributed by atoms with van der Waals surface area (Å²) >= 11 is 0. The van der Waals surface area contributed by atoms with Gasteiger partial charge in [0.25, 0.3) is 0 Å². The van der Waals surface area contributed by atoms with Crippen molar-refractivity contribution in [1.82, 2.24) is 0 Å². The van der Waals surface area contributed by atoms with Gasteiger partial charge in [-0.25, -0.2) is 0 Å². The lowest BCUT2D eigenvalue weighted by atomic mass is 10.0. The van der Waals surface area contributed by atoms with E-state index in [-0.39, 0.29) is 12.5 Å². The molecule has 0 aromatic heterocycles. The molecule has 0 aliphatic carbocycles. The van der Waals surface area contributed by atoms with Crippen molar-refractivity contribution in [2.45, 2.75) is 25.4 Å². The maximum Gasteiger partial charge on any atom is 0.181 e. The standard InChI is InChI=1S/C6H12O4/c1-3-4(2-7)10-6(9)5(3)8/h3-9H,2H2,1H3/t3-,4+,5?,6+/m0/s1. The molecule has 1 fully saturated rings. The highest BCUT2D eigenvalue weighted by molar-refractivity contribution is 4.82. The average molecular weight is 148 g/mol. The molecule has 1 aliphatic heterocycles. The van der Waals surface area contributed by atoms with Crippen molar-refractivity contribution in [2.75, 3.05) is 6.61 Å². The molecular weight excluding hydrogens is 136 g/mol. The smallest absolute Gasteiger partial charge is 0.181 e. The Balaban J connectivity index is 2.53. The van der Waals surface area contributed by atoms with Gasteiger partial charge in [-0.05, 0) is 0 Å². The summed E-state index contributed by atoms with van der Waals surface area (Å²) < 4.78 is 4.79. The first kappa shape index (κ1) is 7.94. The van der Waals surface area contributed by atoms with Crippen molar-refractivity contribution < 1.29 is 20.1 Å². The van der Waals surface area contributed by atoms with Gasteiger partial charge < -0.3 is 20.1 Å². The SMILES string of the molecule is C[C@@H]1C(O)[C@H](O)O[C@@H]1CO. The molecule has 10 heavy (non-hydrogen) atoms. The quantitative estimate of drug-likeness (QED) is 0.432. The Bertz CT molecular complexity index is 116. The van der Waals surface area contributed by atoms with Crippen LogP contribution in [-0.2, 0) is 4.74 Å². The van der Waals surface area contributed by atoms with Gasteiger partial charge in [0.15, 0.2) is 6.29 Å². The van der Waals surface area contributed by atoms with Crippen LogP contribution >= 0.6 is 0 Å². The summed E-state index contributed by atoms with van der Waals surface area (Å²) in [6.07, 6.45) is -2.42. The maximum atomic E-state index is 9.08. The van der Waals surface area contributed by atoms with Gasteiger partial charge in [-0.15, -0.1) is 0 Å². The third-order valence-electron chi connectivity index (χ3n) is 1.91. The van der Waals surface area contributed by atoms with Crippen molar-refractivity contribution in [2.24, 2.45) is 5.92 Å². The molecule has 1 saturated heterocycles. The summed E-state index contributed by atoms with van der Waals surface area (Å²) in [6, 6.07) is 0. The minimum Gasteiger partial charge on any atom is -0.394 e. The van der Waals surface area contributed by atoms with Crippen LogP contribution in [0.2, 0.25) is 0 Å². The molecule has 4 heteroatoms. The van der Waals surface area contributed by atoms with Crippen LogP contribution in [0.5, 0.6) is 0 Å². The Morgan fingerprint density at radius 3 is 2.20 bits per heavy atom. The van der Waals surface area contributed by atoms with E-state index in [0.29, 0.717) is 0 Å². The predicted molar refractivity (Wildman–Crippen MR) is 33.1 cm³/mol. The summed E-state index contributed by atoms with van der Waals surface area (Å²) in [5, 5.41) is 26.6. The first-order valence-corrected chi connectivity index (χ1v) is 3.29. The molecule has 0 aromatic rings. The van der Waals surface area contributed by atoms with Gasteiger partial charge in [-0.1, -0.05) is 6.92 Å². The molecule has 60 valence electrons. The van der Waals surface area contributed by atoms with Gasteiger partial charge in [-0.3, -0.25) is 0 Å². The molecule has 0 saturated carbocycles. The average Bonchev–Trinajstić information content (AvgIpc) is 2.17. The van der Waals surface area contributed by atoms with E-state index in [4.69, 9.17) is 20.1 Å². The molecular formula is C6H12O4. The van der Waals surface area contributed by atoms with Crippen LogP contribution in [-0.4, -0.2) is 40.4 Å². The van der Waals surface area contributed by atoms with Crippen LogP contribution in [0.25, 0.3) is 0 Å². The van der Waals surface area contributed by atoms with E-state index in [1.165, 1.54) is 0 Å².